The maximum absolute atomic E-state index is 13.7. The van der Waals surface area contributed by atoms with E-state index in [1.807, 2.05) is 20.8 Å². The molecule has 1 aromatic rings. The Hall–Kier alpha value is -2.24. The number of benzene rings is 1. The lowest BCUT2D eigenvalue weighted by Crippen LogP contribution is -2.40. The van der Waals surface area contributed by atoms with Gasteiger partial charge in [0.25, 0.3) is 5.91 Å². The van der Waals surface area contributed by atoms with Crippen molar-refractivity contribution in [1.82, 2.24) is 5.43 Å². The average Bonchev–Trinajstić information content (AvgIpc) is 2.83. The normalized spacial score (nSPS) is 32.1. The minimum absolute atomic E-state index is 0.0811. The van der Waals surface area contributed by atoms with Crippen LogP contribution < -0.4 is 5.43 Å². The van der Waals surface area contributed by atoms with Crippen molar-refractivity contribution in [2.24, 2.45) is 21.3 Å². The van der Waals surface area contributed by atoms with Crippen molar-refractivity contribution in [3.63, 3.8) is 0 Å². The van der Waals surface area contributed by atoms with Crippen LogP contribution in [-0.2, 0) is 4.79 Å². The SMILES string of the molecule is CC12CCC(C(=O)O)(CC1=NNC(=O)c1ccccc1F)C2(C)C. The zero-order valence-electron chi connectivity index (χ0n) is 14.0. The number of carboxylic acid groups (broad SMARTS) is 1. The van der Waals surface area contributed by atoms with Gasteiger partial charge in [-0.25, -0.2) is 9.82 Å². The van der Waals surface area contributed by atoms with Crippen molar-refractivity contribution in [2.75, 3.05) is 0 Å². The van der Waals surface area contributed by atoms with E-state index in [4.69, 9.17) is 0 Å². The second kappa shape index (κ2) is 5.13. The van der Waals surface area contributed by atoms with E-state index in [0.717, 1.165) is 0 Å². The predicted molar refractivity (Wildman–Crippen MR) is 87.1 cm³/mol. The first kappa shape index (κ1) is 16.6. The molecule has 5 nitrogen and oxygen atoms in total. The number of hydrazone groups is 1. The number of nitrogens with zero attached hydrogens (tertiary/aromatic N) is 1. The molecular formula is C18H21FN2O3. The fourth-order valence-corrected chi connectivity index (χ4v) is 4.35. The average molecular weight is 332 g/mol. The Kier molecular flexibility index (Phi) is 3.55. The van der Waals surface area contributed by atoms with Crippen LogP contribution in [-0.4, -0.2) is 22.7 Å². The van der Waals surface area contributed by atoms with Crippen LogP contribution in [0.25, 0.3) is 0 Å². The lowest BCUT2D eigenvalue weighted by molar-refractivity contribution is -0.154. The highest BCUT2D eigenvalue weighted by molar-refractivity contribution is 6.02. The van der Waals surface area contributed by atoms with Crippen LogP contribution in [0.5, 0.6) is 0 Å². The number of halogens is 1. The standard InChI is InChI=1S/C18H21FN2O3/c1-16(2)17(3)8-9-18(16,15(23)24)10-13(17)20-21-14(22)11-6-4-5-7-12(11)19/h4-7H,8-10H2,1-3H3,(H,21,22)(H,23,24). The molecule has 2 fully saturated rings. The second-order valence-electron chi connectivity index (χ2n) is 7.50. The van der Waals surface area contributed by atoms with Crippen molar-refractivity contribution in [1.29, 1.82) is 0 Å². The molecule has 2 atom stereocenters. The molecule has 2 N–H and O–H groups in total. The summed E-state index contributed by atoms with van der Waals surface area (Å²) in [6.07, 6.45) is 1.62. The van der Waals surface area contributed by atoms with Gasteiger partial charge in [0.1, 0.15) is 5.82 Å². The molecule has 1 amide bonds. The number of carbonyl (C=O) groups is 2. The first-order valence-electron chi connectivity index (χ1n) is 8.01. The highest BCUT2D eigenvalue weighted by atomic mass is 19.1. The highest BCUT2D eigenvalue weighted by Gasteiger charge is 2.71. The van der Waals surface area contributed by atoms with Crippen LogP contribution in [0.3, 0.4) is 0 Å². The number of amides is 1. The zero-order valence-corrected chi connectivity index (χ0v) is 14.0. The molecule has 0 saturated heterocycles. The number of aliphatic carboxylic acids is 1. The van der Waals surface area contributed by atoms with Crippen LogP contribution in [0.15, 0.2) is 29.4 Å². The Bertz CT molecular complexity index is 758. The van der Waals surface area contributed by atoms with Crippen molar-refractivity contribution in [3.8, 4) is 0 Å². The molecule has 0 aromatic heterocycles. The Morgan fingerprint density at radius 2 is 1.88 bits per heavy atom. The van der Waals surface area contributed by atoms with Crippen LogP contribution in [0.4, 0.5) is 4.39 Å². The number of hydrogen-bond donors (Lipinski definition) is 2. The largest absolute Gasteiger partial charge is 0.481 e. The van der Waals surface area contributed by atoms with Crippen molar-refractivity contribution >= 4 is 17.6 Å². The van der Waals surface area contributed by atoms with Crippen molar-refractivity contribution < 1.29 is 19.1 Å². The van der Waals surface area contributed by atoms with Gasteiger partial charge in [-0.3, -0.25) is 9.59 Å². The molecule has 2 bridgehead atoms. The van der Waals surface area contributed by atoms with Crippen LogP contribution in [0.1, 0.15) is 50.4 Å². The number of carboxylic acids is 1. The number of carbonyl (C=O) groups excluding carboxylic acids is 1. The Labute approximate surface area is 139 Å². The molecule has 3 rings (SSSR count). The minimum Gasteiger partial charge on any atom is -0.481 e. The summed E-state index contributed by atoms with van der Waals surface area (Å²) in [5.74, 6) is -2.06. The third-order valence-electron chi connectivity index (χ3n) is 6.55. The quantitative estimate of drug-likeness (QED) is 0.834. The van der Waals surface area contributed by atoms with Gasteiger partial charge in [-0.2, -0.15) is 5.10 Å². The first-order chi connectivity index (χ1) is 11.2. The van der Waals surface area contributed by atoms with Crippen LogP contribution >= 0.6 is 0 Å². The molecule has 24 heavy (non-hydrogen) atoms. The summed E-state index contributed by atoms with van der Waals surface area (Å²) in [5, 5.41) is 14.0. The smallest absolute Gasteiger partial charge is 0.310 e. The van der Waals surface area contributed by atoms with E-state index < -0.39 is 33.9 Å². The molecular weight excluding hydrogens is 311 g/mol. The van der Waals surface area contributed by atoms with E-state index in [0.29, 0.717) is 25.0 Å². The van der Waals surface area contributed by atoms with Gasteiger partial charge in [0.2, 0.25) is 0 Å². The number of rotatable bonds is 3. The predicted octanol–water partition coefficient (Wildman–Crippen LogP) is 3.21. The van der Waals surface area contributed by atoms with E-state index in [1.54, 1.807) is 6.07 Å². The summed E-state index contributed by atoms with van der Waals surface area (Å²) in [4.78, 5) is 24.0. The molecule has 0 radical (unpaired) electrons. The highest BCUT2D eigenvalue weighted by Crippen LogP contribution is 2.70. The van der Waals surface area contributed by atoms with Gasteiger partial charge < -0.3 is 5.11 Å². The summed E-state index contributed by atoms with van der Waals surface area (Å²) in [7, 11) is 0. The van der Waals surface area contributed by atoms with Gasteiger partial charge in [-0.1, -0.05) is 32.9 Å². The summed E-state index contributed by atoms with van der Waals surface area (Å²) in [6.45, 7) is 5.91. The van der Waals surface area contributed by atoms with E-state index in [2.05, 4.69) is 10.5 Å². The molecule has 0 aliphatic heterocycles. The lowest BCUT2D eigenvalue weighted by Gasteiger charge is -2.37. The van der Waals surface area contributed by atoms with Gasteiger partial charge in [-0.15, -0.1) is 0 Å². The van der Waals surface area contributed by atoms with Crippen LogP contribution in [0, 0.1) is 22.1 Å². The van der Waals surface area contributed by atoms with E-state index >= 15 is 0 Å². The van der Waals surface area contributed by atoms with Crippen molar-refractivity contribution in [3.05, 3.63) is 35.6 Å². The molecule has 1 aromatic carbocycles. The maximum Gasteiger partial charge on any atom is 0.310 e. The molecule has 0 heterocycles. The van der Waals surface area contributed by atoms with Crippen molar-refractivity contribution in [2.45, 2.75) is 40.0 Å². The topological polar surface area (TPSA) is 78.8 Å². The van der Waals surface area contributed by atoms with Gasteiger partial charge in [0, 0.05) is 17.5 Å². The summed E-state index contributed by atoms with van der Waals surface area (Å²) in [6, 6.07) is 5.68. The summed E-state index contributed by atoms with van der Waals surface area (Å²) >= 11 is 0. The Morgan fingerprint density at radius 1 is 1.21 bits per heavy atom. The number of nitrogens with one attached hydrogen (secondary N) is 1. The third-order valence-corrected chi connectivity index (χ3v) is 6.55. The molecule has 0 spiro atoms. The first-order valence-corrected chi connectivity index (χ1v) is 8.01. The van der Waals surface area contributed by atoms with Gasteiger partial charge in [-0.05, 0) is 30.4 Å². The number of hydrogen-bond acceptors (Lipinski definition) is 3. The molecule has 128 valence electrons. The monoisotopic (exact) mass is 332 g/mol. The fourth-order valence-electron chi connectivity index (χ4n) is 4.35. The Morgan fingerprint density at radius 3 is 2.46 bits per heavy atom. The molecule has 6 heteroatoms. The summed E-state index contributed by atoms with van der Waals surface area (Å²) < 4.78 is 13.7. The zero-order chi connectivity index (χ0) is 17.8. The molecule has 2 saturated carbocycles. The second-order valence-corrected chi connectivity index (χ2v) is 7.50. The van der Waals surface area contributed by atoms with Gasteiger partial charge in [0.05, 0.1) is 11.0 Å². The fraction of sp³-hybridized carbons (Fsp3) is 0.500. The molecule has 2 aliphatic carbocycles. The lowest BCUT2D eigenvalue weighted by atomic mass is 9.65. The Balaban J connectivity index is 1.89. The molecule has 2 unspecified atom stereocenters. The third kappa shape index (κ3) is 1.95. The van der Waals surface area contributed by atoms with E-state index in [9.17, 15) is 19.1 Å². The van der Waals surface area contributed by atoms with E-state index in [-0.39, 0.29) is 5.56 Å². The van der Waals surface area contributed by atoms with Gasteiger partial charge in [0.15, 0.2) is 0 Å². The van der Waals surface area contributed by atoms with Crippen LogP contribution in [0.2, 0.25) is 0 Å². The maximum atomic E-state index is 13.7. The van der Waals surface area contributed by atoms with E-state index in [1.165, 1.54) is 18.2 Å². The minimum atomic E-state index is -0.858. The summed E-state index contributed by atoms with van der Waals surface area (Å²) in [5.41, 5.74) is 1.28. The molecule has 2 aliphatic rings. The number of fused-ring (bicyclic) bond motifs is 2. The van der Waals surface area contributed by atoms with Gasteiger partial charge >= 0.3 is 5.97 Å².